The fourth-order valence-corrected chi connectivity index (χ4v) is 5.13. The summed E-state index contributed by atoms with van der Waals surface area (Å²) in [5, 5.41) is 5.28. The lowest BCUT2D eigenvalue weighted by Gasteiger charge is -2.31. The standard InChI is InChI=1S/C29H30O/c1-2-3-4-5-6-7-16-25-28-23-14-10-8-12-21(23)17-19-26(28)30-27-20-18-22-13-9-11-15-24(22)29(25)27/h8-15,17-20,25H,2-7,16H2,1H3. The molecular formula is C29H30O. The van der Waals surface area contributed by atoms with E-state index in [0.29, 0.717) is 5.92 Å². The molecule has 1 nitrogen and oxygen atoms in total. The van der Waals surface area contributed by atoms with E-state index >= 15 is 0 Å². The number of benzene rings is 4. The van der Waals surface area contributed by atoms with Gasteiger partial charge in [0.1, 0.15) is 11.5 Å². The number of ether oxygens (including phenoxy) is 1. The van der Waals surface area contributed by atoms with Gasteiger partial charge in [-0.15, -0.1) is 0 Å². The molecule has 0 fully saturated rings. The third kappa shape index (κ3) is 3.47. The Balaban J connectivity index is 1.59. The third-order valence-electron chi connectivity index (χ3n) is 6.62. The van der Waals surface area contributed by atoms with Crippen LogP contribution in [-0.4, -0.2) is 0 Å². The first kappa shape index (κ1) is 19.2. The van der Waals surface area contributed by atoms with E-state index in [0.717, 1.165) is 11.5 Å². The molecule has 0 unspecified atom stereocenters. The number of rotatable bonds is 7. The van der Waals surface area contributed by atoms with Crippen LogP contribution in [0, 0.1) is 0 Å². The molecule has 0 bridgehead atoms. The Morgan fingerprint density at radius 2 is 1.13 bits per heavy atom. The maximum absolute atomic E-state index is 6.48. The van der Waals surface area contributed by atoms with Crippen molar-refractivity contribution in [2.45, 2.75) is 57.8 Å². The van der Waals surface area contributed by atoms with Gasteiger partial charge in [-0.3, -0.25) is 0 Å². The molecule has 1 heteroatoms. The summed E-state index contributed by atoms with van der Waals surface area (Å²) in [4.78, 5) is 0. The molecule has 0 radical (unpaired) electrons. The zero-order valence-electron chi connectivity index (χ0n) is 17.9. The van der Waals surface area contributed by atoms with E-state index in [9.17, 15) is 0 Å². The molecule has 0 N–H and O–H groups in total. The molecular weight excluding hydrogens is 364 g/mol. The van der Waals surface area contributed by atoms with Crippen molar-refractivity contribution in [3.63, 3.8) is 0 Å². The second-order valence-electron chi connectivity index (χ2n) is 8.61. The minimum absolute atomic E-state index is 0.382. The first-order valence-electron chi connectivity index (χ1n) is 11.6. The van der Waals surface area contributed by atoms with Crippen LogP contribution in [0.4, 0.5) is 0 Å². The highest BCUT2D eigenvalue weighted by Crippen LogP contribution is 2.51. The van der Waals surface area contributed by atoms with E-state index in [-0.39, 0.29) is 0 Å². The van der Waals surface area contributed by atoms with Gasteiger partial charge in [0, 0.05) is 17.0 Å². The topological polar surface area (TPSA) is 9.23 Å². The van der Waals surface area contributed by atoms with Crippen molar-refractivity contribution in [3.05, 3.63) is 83.9 Å². The van der Waals surface area contributed by atoms with Crippen LogP contribution in [0.25, 0.3) is 21.5 Å². The summed E-state index contributed by atoms with van der Waals surface area (Å²) in [5.41, 5.74) is 2.76. The van der Waals surface area contributed by atoms with E-state index in [1.165, 1.54) is 77.6 Å². The zero-order valence-corrected chi connectivity index (χ0v) is 17.9. The van der Waals surface area contributed by atoms with Crippen LogP contribution in [0.3, 0.4) is 0 Å². The molecule has 0 atom stereocenters. The van der Waals surface area contributed by atoms with Crippen LogP contribution >= 0.6 is 0 Å². The van der Waals surface area contributed by atoms with Gasteiger partial charge in [-0.1, -0.05) is 106 Å². The van der Waals surface area contributed by atoms with Crippen LogP contribution in [-0.2, 0) is 0 Å². The highest BCUT2D eigenvalue weighted by molar-refractivity contribution is 5.94. The van der Waals surface area contributed by atoms with Gasteiger partial charge >= 0.3 is 0 Å². The molecule has 0 saturated carbocycles. The fraction of sp³-hybridized carbons (Fsp3) is 0.310. The SMILES string of the molecule is CCCCCCCCC1c2c(ccc3ccccc23)Oc2ccc3ccccc3c21. The van der Waals surface area contributed by atoms with Crippen molar-refractivity contribution in [3.8, 4) is 11.5 Å². The minimum atomic E-state index is 0.382. The van der Waals surface area contributed by atoms with Crippen LogP contribution < -0.4 is 4.74 Å². The van der Waals surface area contributed by atoms with Crippen LogP contribution in [0.2, 0.25) is 0 Å². The second-order valence-corrected chi connectivity index (χ2v) is 8.61. The van der Waals surface area contributed by atoms with E-state index in [1.54, 1.807) is 0 Å². The van der Waals surface area contributed by atoms with Gasteiger partial charge in [0.15, 0.2) is 0 Å². The molecule has 1 heterocycles. The first-order valence-corrected chi connectivity index (χ1v) is 11.6. The lowest BCUT2D eigenvalue weighted by molar-refractivity contribution is 0.439. The second kappa shape index (κ2) is 8.52. The molecule has 0 amide bonds. The van der Waals surface area contributed by atoms with Crippen LogP contribution in [0.15, 0.2) is 72.8 Å². The molecule has 0 spiro atoms. The highest BCUT2D eigenvalue weighted by Gasteiger charge is 2.30. The molecule has 0 aliphatic carbocycles. The van der Waals surface area contributed by atoms with Gasteiger partial charge in [0.25, 0.3) is 0 Å². The average Bonchev–Trinajstić information content (AvgIpc) is 2.80. The summed E-state index contributed by atoms with van der Waals surface area (Å²) in [5.74, 6) is 2.45. The molecule has 1 aliphatic heterocycles. The van der Waals surface area contributed by atoms with Gasteiger partial charge in [-0.25, -0.2) is 0 Å². The van der Waals surface area contributed by atoms with Crippen molar-refractivity contribution in [1.82, 2.24) is 0 Å². The van der Waals surface area contributed by atoms with E-state index in [4.69, 9.17) is 4.74 Å². The normalized spacial score (nSPS) is 13.2. The average molecular weight is 395 g/mol. The lowest BCUT2D eigenvalue weighted by Crippen LogP contribution is -2.12. The smallest absolute Gasteiger partial charge is 0.131 e. The van der Waals surface area contributed by atoms with Gasteiger partial charge in [-0.05, 0) is 40.1 Å². The van der Waals surface area contributed by atoms with Gasteiger partial charge in [0.2, 0.25) is 0 Å². The largest absolute Gasteiger partial charge is 0.457 e. The maximum Gasteiger partial charge on any atom is 0.131 e. The van der Waals surface area contributed by atoms with E-state index in [1.807, 2.05) is 0 Å². The Hall–Kier alpha value is -2.80. The van der Waals surface area contributed by atoms with E-state index < -0.39 is 0 Å². The number of fused-ring (bicyclic) bond motifs is 6. The Labute approximate surface area is 179 Å². The first-order chi connectivity index (χ1) is 14.9. The van der Waals surface area contributed by atoms with Crippen molar-refractivity contribution in [1.29, 1.82) is 0 Å². The quantitative estimate of drug-likeness (QED) is 0.284. The number of unbranched alkanes of at least 4 members (excludes halogenated alkanes) is 5. The number of hydrogen-bond donors (Lipinski definition) is 0. The monoisotopic (exact) mass is 394 g/mol. The molecule has 1 aliphatic rings. The molecule has 30 heavy (non-hydrogen) atoms. The van der Waals surface area contributed by atoms with Crippen molar-refractivity contribution >= 4 is 21.5 Å². The number of hydrogen-bond acceptors (Lipinski definition) is 1. The third-order valence-corrected chi connectivity index (χ3v) is 6.62. The van der Waals surface area contributed by atoms with Crippen LogP contribution in [0.5, 0.6) is 11.5 Å². The summed E-state index contributed by atoms with van der Waals surface area (Å²) >= 11 is 0. The maximum atomic E-state index is 6.48. The summed E-state index contributed by atoms with van der Waals surface area (Å²) in [6.07, 6.45) is 9.14. The lowest BCUT2D eigenvalue weighted by atomic mass is 9.79. The Morgan fingerprint density at radius 1 is 0.600 bits per heavy atom. The fourth-order valence-electron chi connectivity index (χ4n) is 5.13. The van der Waals surface area contributed by atoms with E-state index in [2.05, 4.69) is 79.7 Å². The molecule has 4 aromatic carbocycles. The summed E-state index contributed by atoms with van der Waals surface area (Å²) in [6.45, 7) is 2.28. The van der Waals surface area contributed by atoms with Crippen molar-refractivity contribution in [2.24, 2.45) is 0 Å². The Morgan fingerprint density at radius 3 is 1.73 bits per heavy atom. The van der Waals surface area contributed by atoms with Crippen molar-refractivity contribution in [2.75, 3.05) is 0 Å². The van der Waals surface area contributed by atoms with Crippen LogP contribution in [0.1, 0.15) is 68.9 Å². The predicted molar refractivity (Wildman–Crippen MR) is 128 cm³/mol. The minimum Gasteiger partial charge on any atom is -0.457 e. The van der Waals surface area contributed by atoms with Gasteiger partial charge < -0.3 is 4.74 Å². The molecule has 152 valence electrons. The zero-order chi connectivity index (χ0) is 20.3. The summed E-state index contributed by atoms with van der Waals surface area (Å²) in [6, 6.07) is 26.3. The highest BCUT2D eigenvalue weighted by atomic mass is 16.5. The molecule has 0 saturated heterocycles. The van der Waals surface area contributed by atoms with Gasteiger partial charge in [0.05, 0.1) is 0 Å². The Kier molecular flexibility index (Phi) is 5.45. The Bertz CT molecular complexity index is 1090. The van der Waals surface area contributed by atoms with Crippen molar-refractivity contribution < 1.29 is 4.74 Å². The van der Waals surface area contributed by atoms with Gasteiger partial charge in [-0.2, -0.15) is 0 Å². The summed E-state index contributed by atoms with van der Waals surface area (Å²) in [7, 11) is 0. The molecule has 5 rings (SSSR count). The predicted octanol–water partition coefficient (Wildman–Crippen LogP) is 8.98. The molecule has 0 aromatic heterocycles. The summed E-state index contributed by atoms with van der Waals surface area (Å²) < 4.78 is 6.48. The molecule has 4 aromatic rings.